The maximum atomic E-state index is 6.56. The van der Waals surface area contributed by atoms with Gasteiger partial charge in [0, 0.05) is 45.5 Å². The summed E-state index contributed by atoms with van der Waals surface area (Å²) in [5.41, 5.74) is 3.07. The molecule has 3 aromatic rings. The van der Waals surface area contributed by atoms with Crippen molar-refractivity contribution < 1.29 is 4.74 Å². The van der Waals surface area contributed by atoms with E-state index in [0.717, 1.165) is 24.1 Å². The fourth-order valence-corrected chi connectivity index (χ4v) is 4.86. The first-order valence-corrected chi connectivity index (χ1v) is 12.2. The third-order valence-corrected chi connectivity index (χ3v) is 6.81. The summed E-state index contributed by atoms with van der Waals surface area (Å²) in [5, 5.41) is 5.79. The van der Waals surface area contributed by atoms with Crippen LogP contribution in [0.2, 0.25) is 20.1 Å². The molecule has 0 saturated carbocycles. The summed E-state index contributed by atoms with van der Waals surface area (Å²) in [5.74, 6) is 0. The molecule has 1 aliphatic heterocycles. The van der Waals surface area contributed by atoms with E-state index in [1.54, 1.807) is 12.1 Å². The highest BCUT2D eigenvalue weighted by atomic mass is 35.5. The molecule has 0 bridgehead atoms. The number of rotatable bonds is 9. The molecule has 4 rings (SSSR count). The predicted octanol–water partition coefficient (Wildman–Crippen LogP) is 8.32. The number of benzene rings is 3. The molecule has 2 atom stereocenters. The maximum Gasteiger partial charge on any atom is 0.101 e. The predicted molar refractivity (Wildman–Crippen MR) is 145 cm³/mol. The molecule has 0 amide bonds. The second-order valence-electron chi connectivity index (χ2n) is 7.91. The lowest BCUT2D eigenvalue weighted by molar-refractivity contribution is 0.0172. The summed E-state index contributed by atoms with van der Waals surface area (Å²) in [7, 11) is 0. The highest BCUT2D eigenvalue weighted by Gasteiger charge is 2.26. The van der Waals surface area contributed by atoms with Gasteiger partial charge in [0.2, 0.25) is 0 Å². The molecule has 0 aliphatic carbocycles. The van der Waals surface area contributed by atoms with Gasteiger partial charge >= 0.3 is 0 Å². The molecule has 3 aromatic carbocycles. The zero-order chi connectivity index (χ0) is 23.2. The lowest BCUT2D eigenvalue weighted by Crippen LogP contribution is -2.38. The summed E-state index contributed by atoms with van der Waals surface area (Å²) in [4.78, 5) is 2.29. The minimum Gasteiger partial charge on any atom is -0.370 e. The van der Waals surface area contributed by atoms with Gasteiger partial charge in [-0.2, -0.15) is 0 Å². The molecule has 0 radical (unpaired) electrons. The molecule has 0 saturated heterocycles. The number of halogens is 5. The van der Waals surface area contributed by atoms with E-state index in [1.807, 2.05) is 36.5 Å². The summed E-state index contributed by atoms with van der Waals surface area (Å²) < 4.78 is 6.38. The molecule has 3 nitrogen and oxygen atoms in total. The van der Waals surface area contributed by atoms with Gasteiger partial charge in [-0.1, -0.05) is 88.9 Å². The second kappa shape index (κ2) is 12.9. The standard InChI is InChI=1S/C26H24Cl4N2O.ClH/c27-20-7-6-19(23(29)14-20)17-33-25(22-9-8-21(28)15-24(22)30)16-26-31-11-13-32(26)12-10-18-4-2-1-3-5-18;/h1-9,11,13-15,25-26,31H,10,12,16-17H2;1H. The summed E-state index contributed by atoms with van der Waals surface area (Å²) in [6.45, 7) is 1.23. The average Bonchev–Trinajstić information content (AvgIpc) is 3.24. The molecule has 34 heavy (non-hydrogen) atoms. The van der Waals surface area contributed by atoms with Crippen molar-refractivity contribution in [1.82, 2.24) is 10.2 Å². The molecule has 180 valence electrons. The Balaban J connectivity index is 0.00000324. The van der Waals surface area contributed by atoms with E-state index in [-0.39, 0.29) is 24.7 Å². The minimum absolute atomic E-state index is 0. The molecule has 1 heterocycles. The molecular formula is C26H25Cl5N2O. The van der Waals surface area contributed by atoms with Crippen LogP contribution >= 0.6 is 58.8 Å². The highest BCUT2D eigenvalue weighted by Crippen LogP contribution is 2.34. The number of ether oxygens (including phenoxy) is 1. The summed E-state index contributed by atoms with van der Waals surface area (Å²) in [6, 6.07) is 21.4. The summed E-state index contributed by atoms with van der Waals surface area (Å²) >= 11 is 25.1. The van der Waals surface area contributed by atoms with Crippen molar-refractivity contribution in [2.24, 2.45) is 0 Å². The average molecular weight is 559 g/mol. The van der Waals surface area contributed by atoms with Gasteiger partial charge in [-0.3, -0.25) is 0 Å². The third kappa shape index (κ3) is 7.21. The zero-order valence-corrected chi connectivity index (χ0v) is 22.1. The van der Waals surface area contributed by atoms with Crippen LogP contribution in [0.3, 0.4) is 0 Å². The van der Waals surface area contributed by atoms with Gasteiger partial charge in [0.25, 0.3) is 0 Å². The number of nitrogens with zero attached hydrogens (tertiary/aromatic N) is 1. The van der Waals surface area contributed by atoms with E-state index in [1.165, 1.54) is 5.56 Å². The monoisotopic (exact) mass is 556 g/mol. The lowest BCUT2D eigenvalue weighted by atomic mass is 10.0. The Kier molecular flexibility index (Phi) is 10.3. The van der Waals surface area contributed by atoms with Crippen molar-refractivity contribution >= 4 is 58.8 Å². The van der Waals surface area contributed by atoms with Gasteiger partial charge in [-0.05, 0) is 47.4 Å². The van der Waals surface area contributed by atoms with Gasteiger partial charge in [0.05, 0.1) is 12.7 Å². The van der Waals surface area contributed by atoms with Crippen LogP contribution in [0.25, 0.3) is 0 Å². The quantitative estimate of drug-likeness (QED) is 0.286. The van der Waals surface area contributed by atoms with Crippen molar-refractivity contribution in [3.05, 3.63) is 116 Å². The second-order valence-corrected chi connectivity index (χ2v) is 9.60. The van der Waals surface area contributed by atoms with E-state index < -0.39 is 0 Å². The van der Waals surface area contributed by atoms with Crippen LogP contribution in [-0.4, -0.2) is 17.6 Å². The molecule has 2 unspecified atom stereocenters. The normalized spacial score (nSPS) is 15.6. The summed E-state index contributed by atoms with van der Waals surface area (Å²) in [6.07, 6.45) is 5.52. The molecule has 0 spiro atoms. The van der Waals surface area contributed by atoms with Crippen molar-refractivity contribution in [2.75, 3.05) is 6.54 Å². The first-order chi connectivity index (χ1) is 16.0. The van der Waals surface area contributed by atoms with Gasteiger partial charge in [-0.15, -0.1) is 12.4 Å². The zero-order valence-electron chi connectivity index (χ0n) is 18.3. The largest absolute Gasteiger partial charge is 0.370 e. The van der Waals surface area contributed by atoms with E-state index in [0.29, 0.717) is 33.1 Å². The molecule has 0 fully saturated rings. The van der Waals surface area contributed by atoms with Crippen molar-refractivity contribution in [2.45, 2.75) is 31.7 Å². The Morgan fingerprint density at radius 2 is 1.59 bits per heavy atom. The Labute approximate surface area is 227 Å². The first-order valence-electron chi connectivity index (χ1n) is 10.7. The molecule has 1 aliphatic rings. The topological polar surface area (TPSA) is 24.5 Å². The lowest BCUT2D eigenvalue weighted by Gasteiger charge is -2.30. The Morgan fingerprint density at radius 3 is 2.29 bits per heavy atom. The Bertz CT molecular complexity index is 1110. The first kappa shape index (κ1) is 27.0. The van der Waals surface area contributed by atoms with Crippen LogP contribution in [0.4, 0.5) is 0 Å². The fraction of sp³-hybridized carbons (Fsp3) is 0.231. The Morgan fingerprint density at radius 1 is 0.882 bits per heavy atom. The van der Waals surface area contributed by atoms with E-state index in [2.05, 4.69) is 40.7 Å². The Hall–Kier alpha value is -1.59. The van der Waals surface area contributed by atoms with Crippen molar-refractivity contribution in [3.8, 4) is 0 Å². The molecular weight excluding hydrogens is 534 g/mol. The van der Waals surface area contributed by atoms with Crippen LogP contribution in [0.5, 0.6) is 0 Å². The van der Waals surface area contributed by atoms with E-state index >= 15 is 0 Å². The molecule has 1 N–H and O–H groups in total. The van der Waals surface area contributed by atoms with Crippen LogP contribution in [0, 0.1) is 0 Å². The number of hydrogen-bond donors (Lipinski definition) is 1. The van der Waals surface area contributed by atoms with Crippen molar-refractivity contribution in [3.63, 3.8) is 0 Å². The maximum absolute atomic E-state index is 6.56. The van der Waals surface area contributed by atoms with E-state index in [9.17, 15) is 0 Å². The minimum atomic E-state index is -0.266. The number of hydrogen-bond acceptors (Lipinski definition) is 3. The van der Waals surface area contributed by atoms with Crippen molar-refractivity contribution in [1.29, 1.82) is 0 Å². The van der Waals surface area contributed by atoms with Crippen LogP contribution in [-0.2, 0) is 17.8 Å². The molecule has 0 aromatic heterocycles. The van der Waals surface area contributed by atoms with Crippen LogP contribution in [0.1, 0.15) is 29.2 Å². The third-order valence-electron chi connectivity index (χ3n) is 5.66. The van der Waals surface area contributed by atoms with Crippen LogP contribution < -0.4 is 5.32 Å². The number of nitrogens with one attached hydrogen (secondary N) is 1. The van der Waals surface area contributed by atoms with Gasteiger partial charge in [0.15, 0.2) is 0 Å². The van der Waals surface area contributed by atoms with Gasteiger partial charge in [-0.25, -0.2) is 0 Å². The van der Waals surface area contributed by atoms with Gasteiger partial charge in [0.1, 0.15) is 6.17 Å². The SMILES string of the molecule is Cl.Clc1ccc(COC(CC2NC=CN2CCc2ccccc2)c2ccc(Cl)cc2Cl)c(Cl)c1. The highest BCUT2D eigenvalue weighted by molar-refractivity contribution is 6.35. The molecule has 8 heteroatoms. The van der Waals surface area contributed by atoms with E-state index in [4.69, 9.17) is 51.1 Å². The smallest absolute Gasteiger partial charge is 0.101 e. The fourth-order valence-electron chi connectivity index (χ4n) is 3.87. The van der Waals surface area contributed by atoms with Crippen LogP contribution in [0.15, 0.2) is 79.1 Å². The van der Waals surface area contributed by atoms with Gasteiger partial charge < -0.3 is 15.0 Å².